The molecule has 0 unspecified atom stereocenters. The molecule has 0 fully saturated rings. The molecule has 0 aromatic heterocycles. The van der Waals surface area contributed by atoms with Crippen LogP contribution in [0, 0.1) is 0 Å². The van der Waals surface area contributed by atoms with Gasteiger partial charge in [-0.2, -0.15) is 0 Å². The number of phenols is 2. The number of hydroxylamine groups is 1. The third-order valence-electron chi connectivity index (χ3n) is 1.54. The molecule has 0 atom stereocenters. The van der Waals surface area contributed by atoms with Crippen LogP contribution in [0.2, 0.25) is 0 Å². The van der Waals surface area contributed by atoms with Crippen LogP contribution in [0.15, 0.2) is 24.3 Å². The first-order chi connectivity index (χ1) is 6.63. The molecule has 5 heteroatoms. The van der Waals surface area contributed by atoms with Crippen molar-refractivity contribution in [3.8, 4) is 11.5 Å². The second kappa shape index (κ2) is 4.29. The molecule has 0 aliphatic rings. The molecule has 0 aliphatic carbocycles. The molecule has 0 bridgehead atoms. The van der Waals surface area contributed by atoms with Gasteiger partial charge in [0.05, 0.1) is 0 Å². The Bertz CT molecular complexity index is 373. The summed E-state index contributed by atoms with van der Waals surface area (Å²) in [4.78, 5) is 10.6. The first kappa shape index (κ1) is 10.1. The number of hydrogen-bond donors (Lipinski definition) is 4. The summed E-state index contributed by atoms with van der Waals surface area (Å²) in [5, 5.41) is 26.2. The van der Waals surface area contributed by atoms with Crippen molar-refractivity contribution in [2.45, 2.75) is 0 Å². The molecule has 74 valence electrons. The maximum atomic E-state index is 10.6. The van der Waals surface area contributed by atoms with Gasteiger partial charge in [0.2, 0.25) is 0 Å². The second-order valence-corrected chi connectivity index (χ2v) is 2.56. The molecule has 1 aromatic rings. The number of hydrogen-bond acceptors (Lipinski definition) is 4. The van der Waals surface area contributed by atoms with E-state index in [0.717, 1.165) is 6.08 Å². The molecule has 4 N–H and O–H groups in total. The number of amides is 1. The Morgan fingerprint density at radius 3 is 2.57 bits per heavy atom. The highest BCUT2D eigenvalue weighted by atomic mass is 16.5. The van der Waals surface area contributed by atoms with Crippen molar-refractivity contribution in [3.63, 3.8) is 0 Å². The molecule has 0 spiro atoms. The molecule has 14 heavy (non-hydrogen) atoms. The van der Waals surface area contributed by atoms with Gasteiger partial charge in [0.25, 0.3) is 5.91 Å². The summed E-state index contributed by atoms with van der Waals surface area (Å²) in [6, 6.07) is 4.10. The Morgan fingerprint density at radius 2 is 2.00 bits per heavy atom. The van der Waals surface area contributed by atoms with Crippen LogP contribution < -0.4 is 5.48 Å². The minimum absolute atomic E-state index is 0.228. The average molecular weight is 195 g/mol. The van der Waals surface area contributed by atoms with Gasteiger partial charge in [-0.3, -0.25) is 10.0 Å². The van der Waals surface area contributed by atoms with Gasteiger partial charge < -0.3 is 10.2 Å². The zero-order valence-electron chi connectivity index (χ0n) is 7.14. The molecular weight excluding hydrogens is 186 g/mol. The number of phenolic OH excluding ortho intramolecular Hbond substituents is 2. The van der Waals surface area contributed by atoms with Crippen molar-refractivity contribution in [3.05, 3.63) is 29.8 Å². The van der Waals surface area contributed by atoms with Crippen molar-refractivity contribution >= 4 is 12.0 Å². The van der Waals surface area contributed by atoms with Crippen LogP contribution in [0.5, 0.6) is 11.5 Å². The lowest BCUT2D eigenvalue weighted by molar-refractivity contribution is -0.124. The maximum absolute atomic E-state index is 10.6. The van der Waals surface area contributed by atoms with Gasteiger partial charge in [-0.1, -0.05) is 6.07 Å². The first-order valence-corrected chi connectivity index (χ1v) is 3.77. The Labute approximate surface area is 79.9 Å². The minimum Gasteiger partial charge on any atom is -0.504 e. The van der Waals surface area contributed by atoms with Crippen LogP contribution >= 0.6 is 0 Å². The molecule has 5 nitrogen and oxygen atoms in total. The van der Waals surface area contributed by atoms with E-state index in [1.807, 2.05) is 0 Å². The number of carbonyl (C=O) groups is 1. The predicted molar refractivity (Wildman–Crippen MR) is 48.7 cm³/mol. The van der Waals surface area contributed by atoms with Crippen LogP contribution in [0.25, 0.3) is 6.08 Å². The SMILES string of the molecule is O=C(/C=C/c1ccc(O)c(O)c1)NO. The van der Waals surface area contributed by atoms with E-state index in [0.29, 0.717) is 5.56 Å². The summed E-state index contributed by atoms with van der Waals surface area (Å²) in [6.07, 6.45) is 2.47. The fraction of sp³-hybridized carbons (Fsp3) is 0. The molecule has 0 saturated carbocycles. The Hall–Kier alpha value is -2.01. The van der Waals surface area contributed by atoms with Crippen LogP contribution in [-0.2, 0) is 4.79 Å². The highest BCUT2D eigenvalue weighted by Crippen LogP contribution is 2.25. The van der Waals surface area contributed by atoms with E-state index in [9.17, 15) is 4.79 Å². The quantitative estimate of drug-likeness (QED) is 0.241. The lowest BCUT2D eigenvalue weighted by Crippen LogP contribution is -2.14. The van der Waals surface area contributed by atoms with Crippen LogP contribution in [0.1, 0.15) is 5.56 Å². The van der Waals surface area contributed by atoms with E-state index in [4.69, 9.17) is 15.4 Å². The van der Waals surface area contributed by atoms with Crippen molar-refractivity contribution in [1.82, 2.24) is 5.48 Å². The van der Waals surface area contributed by atoms with Crippen LogP contribution in [0.4, 0.5) is 0 Å². The second-order valence-electron chi connectivity index (χ2n) is 2.56. The lowest BCUT2D eigenvalue weighted by Gasteiger charge is -1.97. The predicted octanol–water partition coefficient (Wildman–Crippen LogP) is 0.616. The maximum Gasteiger partial charge on any atom is 0.267 e. The first-order valence-electron chi connectivity index (χ1n) is 3.77. The molecule has 0 aliphatic heterocycles. The average Bonchev–Trinajstić information content (AvgIpc) is 2.19. The molecule has 0 radical (unpaired) electrons. The van der Waals surface area contributed by atoms with Crippen molar-refractivity contribution < 1.29 is 20.2 Å². The largest absolute Gasteiger partial charge is 0.504 e. The van der Waals surface area contributed by atoms with Gasteiger partial charge in [0.15, 0.2) is 11.5 Å². The third-order valence-corrected chi connectivity index (χ3v) is 1.54. The zero-order chi connectivity index (χ0) is 10.6. The van der Waals surface area contributed by atoms with E-state index in [2.05, 4.69) is 0 Å². The van der Waals surface area contributed by atoms with E-state index in [1.54, 1.807) is 0 Å². The molecule has 0 saturated heterocycles. The normalized spacial score (nSPS) is 10.4. The van der Waals surface area contributed by atoms with E-state index in [-0.39, 0.29) is 11.5 Å². The van der Waals surface area contributed by atoms with Crippen LogP contribution in [0.3, 0.4) is 0 Å². The van der Waals surface area contributed by atoms with Gasteiger partial charge in [-0.15, -0.1) is 0 Å². The fourth-order valence-corrected chi connectivity index (χ4v) is 0.853. The summed E-state index contributed by atoms with van der Waals surface area (Å²) < 4.78 is 0. The Morgan fingerprint density at radius 1 is 1.29 bits per heavy atom. The van der Waals surface area contributed by atoms with Crippen molar-refractivity contribution in [2.24, 2.45) is 0 Å². The molecule has 1 amide bonds. The monoisotopic (exact) mass is 195 g/mol. The summed E-state index contributed by atoms with van der Waals surface area (Å²) in [6.45, 7) is 0. The van der Waals surface area contributed by atoms with Gasteiger partial charge in [-0.25, -0.2) is 5.48 Å². The highest BCUT2D eigenvalue weighted by Gasteiger charge is 1.98. The van der Waals surface area contributed by atoms with Crippen molar-refractivity contribution in [1.29, 1.82) is 0 Å². The minimum atomic E-state index is -0.669. The topological polar surface area (TPSA) is 89.8 Å². The molecule has 0 heterocycles. The summed E-state index contributed by atoms with van der Waals surface area (Å²) >= 11 is 0. The van der Waals surface area contributed by atoms with E-state index >= 15 is 0 Å². The summed E-state index contributed by atoms with van der Waals surface area (Å²) in [7, 11) is 0. The van der Waals surface area contributed by atoms with Gasteiger partial charge in [0.1, 0.15) is 0 Å². The van der Waals surface area contributed by atoms with Crippen molar-refractivity contribution in [2.75, 3.05) is 0 Å². The number of aromatic hydroxyl groups is 2. The number of nitrogens with one attached hydrogen (secondary N) is 1. The highest BCUT2D eigenvalue weighted by molar-refractivity contribution is 5.90. The number of benzene rings is 1. The smallest absolute Gasteiger partial charge is 0.267 e. The summed E-state index contributed by atoms with van der Waals surface area (Å²) in [5.41, 5.74) is 1.95. The summed E-state index contributed by atoms with van der Waals surface area (Å²) in [5.74, 6) is -1.16. The van der Waals surface area contributed by atoms with E-state index < -0.39 is 5.91 Å². The Balaban J connectivity index is 2.83. The standard InChI is InChI=1S/C9H9NO4/c11-7-3-1-6(5-8(7)12)2-4-9(13)10-14/h1-5,11-12,14H,(H,10,13)/b4-2+. The van der Waals surface area contributed by atoms with Gasteiger partial charge in [0, 0.05) is 6.08 Å². The molecule has 1 aromatic carbocycles. The number of carbonyl (C=O) groups excluding carboxylic acids is 1. The number of rotatable bonds is 2. The van der Waals surface area contributed by atoms with Gasteiger partial charge >= 0.3 is 0 Å². The van der Waals surface area contributed by atoms with Crippen LogP contribution in [-0.4, -0.2) is 21.3 Å². The molecule has 1 rings (SSSR count). The zero-order valence-corrected chi connectivity index (χ0v) is 7.14. The van der Waals surface area contributed by atoms with Gasteiger partial charge in [-0.05, 0) is 23.8 Å². The Kier molecular flexibility index (Phi) is 3.09. The van der Waals surface area contributed by atoms with E-state index in [1.165, 1.54) is 29.8 Å². The fourth-order valence-electron chi connectivity index (χ4n) is 0.853. The lowest BCUT2D eigenvalue weighted by atomic mass is 10.2. The third kappa shape index (κ3) is 2.49. The molecular formula is C9H9NO4.